The molecule has 1 aromatic carbocycles. The monoisotopic (exact) mass is 371 g/mol. The molecule has 0 aromatic heterocycles. The Bertz CT molecular complexity index is 604. The van der Waals surface area contributed by atoms with Crippen LogP contribution in [0.4, 0.5) is 0 Å². The molecule has 1 fully saturated rings. The molecular formula is C16H22ClN3OS2. The maximum absolute atomic E-state index is 13.1. The second-order valence-electron chi connectivity index (χ2n) is 6.49. The minimum atomic E-state index is -0.263. The first-order chi connectivity index (χ1) is 10.6. The molecule has 4 nitrogen and oxygen atoms in total. The highest BCUT2D eigenvalue weighted by Crippen LogP contribution is 2.46. The van der Waals surface area contributed by atoms with Crippen LogP contribution in [-0.2, 0) is 0 Å². The number of nitrogens with two attached hydrogens (primary N) is 1. The molecule has 1 aliphatic rings. The molecule has 2 rings (SSSR count). The summed E-state index contributed by atoms with van der Waals surface area (Å²) in [6, 6.07) is 6.94. The summed E-state index contributed by atoms with van der Waals surface area (Å²) < 4.78 is -0.208. The predicted octanol–water partition coefficient (Wildman–Crippen LogP) is 3.45. The van der Waals surface area contributed by atoms with Crippen molar-refractivity contribution in [2.24, 2.45) is 11.7 Å². The van der Waals surface area contributed by atoms with Gasteiger partial charge in [-0.25, -0.2) is 0 Å². The van der Waals surface area contributed by atoms with Crippen LogP contribution in [0.15, 0.2) is 24.3 Å². The summed E-state index contributed by atoms with van der Waals surface area (Å²) in [5, 5.41) is 3.94. The van der Waals surface area contributed by atoms with E-state index < -0.39 is 0 Å². The molecule has 1 amide bonds. The third kappa shape index (κ3) is 3.92. The first-order valence-corrected chi connectivity index (χ1v) is 9.12. The maximum Gasteiger partial charge on any atom is 0.256 e. The number of amides is 1. The Morgan fingerprint density at radius 3 is 2.43 bits per heavy atom. The van der Waals surface area contributed by atoms with Crippen molar-refractivity contribution in [1.29, 1.82) is 0 Å². The quantitative estimate of drug-likeness (QED) is 0.797. The van der Waals surface area contributed by atoms with Crippen LogP contribution in [0.5, 0.6) is 0 Å². The Morgan fingerprint density at radius 2 is 1.96 bits per heavy atom. The van der Waals surface area contributed by atoms with Crippen molar-refractivity contribution in [2.75, 3.05) is 0 Å². The largest absolute Gasteiger partial charge is 0.376 e. The molecule has 0 bridgehead atoms. The molecule has 1 saturated heterocycles. The highest BCUT2D eigenvalue weighted by Gasteiger charge is 2.50. The Kier molecular flexibility index (Phi) is 5.48. The number of thioether (sulfide) groups is 1. The van der Waals surface area contributed by atoms with Gasteiger partial charge in [-0.2, -0.15) is 0 Å². The molecular weight excluding hydrogens is 350 g/mol. The van der Waals surface area contributed by atoms with Crippen LogP contribution < -0.4 is 11.1 Å². The van der Waals surface area contributed by atoms with Crippen molar-refractivity contribution in [3.05, 3.63) is 34.9 Å². The lowest BCUT2D eigenvalue weighted by molar-refractivity contribution is 0.0604. The number of nitrogens with zero attached hydrogens (tertiary/aromatic N) is 1. The second kappa shape index (κ2) is 6.87. The number of thiocarbonyl (C=S) groups is 1. The van der Waals surface area contributed by atoms with Gasteiger partial charge in [-0.15, -0.1) is 11.8 Å². The van der Waals surface area contributed by atoms with Gasteiger partial charge in [0.2, 0.25) is 0 Å². The Balaban J connectivity index is 2.41. The molecule has 2 unspecified atom stereocenters. The summed E-state index contributed by atoms with van der Waals surface area (Å²) >= 11 is 12.7. The highest BCUT2D eigenvalue weighted by atomic mass is 35.5. The van der Waals surface area contributed by atoms with Crippen molar-refractivity contribution >= 4 is 46.6 Å². The number of carbonyl (C=O) groups is 1. The van der Waals surface area contributed by atoms with Crippen LogP contribution in [0.25, 0.3) is 0 Å². The molecule has 1 aliphatic heterocycles. The van der Waals surface area contributed by atoms with Crippen molar-refractivity contribution in [3.8, 4) is 0 Å². The zero-order valence-electron chi connectivity index (χ0n) is 13.7. The molecule has 7 heteroatoms. The third-order valence-corrected chi connectivity index (χ3v) is 6.02. The average molecular weight is 372 g/mol. The zero-order valence-corrected chi connectivity index (χ0v) is 16.1. The number of nitrogens with one attached hydrogen (secondary N) is 1. The summed E-state index contributed by atoms with van der Waals surface area (Å²) in [7, 11) is 0. The lowest BCUT2D eigenvalue weighted by Crippen LogP contribution is -2.57. The van der Waals surface area contributed by atoms with E-state index >= 15 is 0 Å². The van der Waals surface area contributed by atoms with Gasteiger partial charge in [0.1, 0.15) is 6.17 Å². The van der Waals surface area contributed by atoms with Gasteiger partial charge in [-0.1, -0.05) is 25.4 Å². The molecule has 0 aliphatic carbocycles. The molecule has 0 saturated carbocycles. The summed E-state index contributed by atoms with van der Waals surface area (Å²) in [6.07, 6.45) is -0.263. The van der Waals surface area contributed by atoms with Crippen molar-refractivity contribution in [2.45, 2.75) is 44.0 Å². The van der Waals surface area contributed by atoms with E-state index in [0.29, 0.717) is 16.5 Å². The Hall–Kier alpha value is -0.980. The van der Waals surface area contributed by atoms with E-state index in [4.69, 9.17) is 29.6 Å². The van der Waals surface area contributed by atoms with Crippen LogP contribution in [0, 0.1) is 5.92 Å². The van der Waals surface area contributed by atoms with E-state index in [1.54, 1.807) is 36.0 Å². The normalized spacial score (nSPS) is 23.1. The van der Waals surface area contributed by atoms with E-state index in [0.717, 1.165) is 0 Å². The molecule has 3 N–H and O–H groups in total. The maximum atomic E-state index is 13.1. The molecule has 0 radical (unpaired) electrons. The van der Waals surface area contributed by atoms with Crippen LogP contribution >= 0.6 is 35.6 Å². The molecule has 23 heavy (non-hydrogen) atoms. The van der Waals surface area contributed by atoms with Gasteiger partial charge >= 0.3 is 0 Å². The van der Waals surface area contributed by atoms with Crippen LogP contribution in [-0.4, -0.2) is 32.2 Å². The SMILES string of the molecule is CC(C)C1SC(C)(C)C(NC(N)=S)N1C(=O)c1ccc(Cl)cc1. The van der Waals surface area contributed by atoms with Gasteiger partial charge < -0.3 is 16.0 Å². The number of benzene rings is 1. The van der Waals surface area contributed by atoms with Crippen molar-refractivity contribution < 1.29 is 4.79 Å². The van der Waals surface area contributed by atoms with E-state index in [1.807, 2.05) is 4.90 Å². The predicted molar refractivity (Wildman–Crippen MR) is 102 cm³/mol. The average Bonchev–Trinajstić information content (AvgIpc) is 2.70. The standard InChI is InChI=1S/C16H22ClN3OS2/c1-9(2)13-20(12(21)10-5-7-11(17)8-6-10)14(19-15(18)22)16(3,4)23-13/h5-9,13-14H,1-4H3,(H3,18,19,22). The lowest BCUT2D eigenvalue weighted by atomic mass is 10.1. The fraction of sp³-hybridized carbons (Fsp3) is 0.500. The summed E-state index contributed by atoms with van der Waals surface area (Å²) in [4.78, 5) is 15.0. The minimum Gasteiger partial charge on any atom is -0.376 e. The van der Waals surface area contributed by atoms with Gasteiger partial charge in [-0.3, -0.25) is 4.79 Å². The summed E-state index contributed by atoms with van der Waals surface area (Å²) in [6.45, 7) is 8.41. The second-order valence-corrected chi connectivity index (χ2v) is 9.13. The van der Waals surface area contributed by atoms with Crippen molar-refractivity contribution in [1.82, 2.24) is 10.2 Å². The van der Waals surface area contributed by atoms with Crippen LogP contribution in [0.2, 0.25) is 5.02 Å². The summed E-state index contributed by atoms with van der Waals surface area (Å²) in [5.74, 6) is 0.251. The number of hydrogen-bond acceptors (Lipinski definition) is 3. The molecule has 126 valence electrons. The highest BCUT2D eigenvalue weighted by molar-refractivity contribution is 8.01. The molecule has 1 aromatic rings. The fourth-order valence-corrected chi connectivity index (χ4v) is 4.49. The first-order valence-electron chi connectivity index (χ1n) is 7.45. The van der Waals surface area contributed by atoms with Crippen LogP contribution in [0.3, 0.4) is 0 Å². The third-order valence-electron chi connectivity index (χ3n) is 3.81. The van der Waals surface area contributed by atoms with E-state index in [1.165, 1.54) is 0 Å². The van der Waals surface area contributed by atoms with Crippen molar-refractivity contribution in [3.63, 3.8) is 0 Å². The van der Waals surface area contributed by atoms with Crippen LogP contribution in [0.1, 0.15) is 38.1 Å². The van der Waals surface area contributed by atoms with E-state index in [-0.39, 0.29) is 27.3 Å². The minimum absolute atomic E-state index is 0.0417. The first kappa shape index (κ1) is 18.4. The number of hydrogen-bond donors (Lipinski definition) is 2. The van der Waals surface area contributed by atoms with E-state index in [2.05, 4.69) is 33.0 Å². The Morgan fingerprint density at radius 1 is 1.39 bits per heavy atom. The van der Waals surface area contributed by atoms with Gasteiger partial charge in [0, 0.05) is 10.6 Å². The van der Waals surface area contributed by atoms with Gasteiger partial charge in [0.05, 0.1) is 10.1 Å². The number of halogens is 1. The van der Waals surface area contributed by atoms with Gasteiger partial charge in [-0.05, 0) is 56.2 Å². The Labute approximate surface area is 152 Å². The van der Waals surface area contributed by atoms with Gasteiger partial charge in [0.15, 0.2) is 5.11 Å². The fourth-order valence-electron chi connectivity index (χ4n) is 2.72. The van der Waals surface area contributed by atoms with E-state index in [9.17, 15) is 4.79 Å². The number of carbonyl (C=O) groups excluding carboxylic acids is 1. The zero-order chi connectivity index (χ0) is 17.4. The number of rotatable bonds is 3. The molecule has 0 spiro atoms. The lowest BCUT2D eigenvalue weighted by Gasteiger charge is -2.34. The smallest absolute Gasteiger partial charge is 0.256 e. The van der Waals surface area contributed by atoms with Gasteiger partial charge in [0.25, 0.3) is 5.91 Å². The molecule has 2 atom stereocenters. The topological polar surface area (TPSA) is 58.4 Å². The summed E-state index contributed by atoms with van der Waals surface area (Å²) in [5.41, 5.74) is 6.30. The molecule has 1 heterocycles.